The zero-order valence-electron chi connectivity index (χ0n) is 12.6. The molecule has 5 rings (SSSR count). The Bertz CT molecular complexity index is 863. The van der Waals surface area contributed by atoms with Gasteiger partial charge in [-0.15, -0.1) is 0 Å². The van der Waals surface area contributed by atoms with E-state index in [1.807, 2.05) is 0 Å². The fourth-order valence-electron chi connectivity index (χ4n) is 3.71. The maximum atomic E-state index is 4.78. The summed E-state index contributed by atoms with van der Waals surface area (Å²) in [6.07, 6.45) is 4.64. The number of fused-ring (bicyclic) bond motifs is 3. The van der Waals surface area contributed by atoms with Gasteiger partial charge in [0, 0.05) is 28.5 Å². The van der Waals surface area contributed by atoms with Crippen LogP contribution in [-0.4, -0.2) is 11.2 Å². The third kappa shape index (κ3) is 1.45. The lowest BCUT2D eigenvalue weighted by molar-refractivity contribution is 0.674. The Morgan fingerprint density at radius 1 is 1.00 bits per heavy atom. The van der Waals surface area contributed by atoms with Gasteiger partial charge in [0.05, 0.1) is 5.69 Å². The Labute approximate surface area is 134 Å². The van der Waals surface area contributed by atoms with E-state index in [9.17, 15) is 0 Å². The van der Waals surface area contributed by atoms with E-state index in [1.54, 1.807) is 11.9 Å². The SMILES string of the molecule is CC1(C)C=CC2SN=C3c4ccccc4-c4cccc1c4N32. The van der Waals surface area contributed by atoms with Crippen molar-refractivity contribution in [2.24, 2.45) is 4.40 Å². The molecule has 2 aromatic carbocycles. The van der Waals surface area contributed by atoms with E-state index in [-0.39, 0.29) is 10.8 Å². The summed E-state index contributed by atoms with van der Waals surface area (Å²) in [5, 5.41) is 0.269. The van der Waals surface area contributed by atoms with Crippen LogP contribution < -0.4 is 4.90 Å². The van der Waals surface area contributed by atoms with Crippen LogP contribution in [-0.2, 0) is 5.41 Å². The summed E-state index contributed by atoms with van der Waals surface area (Å²) in [6, 6.07) is 15.3. The van der Waals surface area contributed by atoms with Crippen LogP contribution in [0, 0.1) is 0 Å². The minimum atomic E-state index is 0.0354. The molecule has 0 spiro atoms. The van der Waals surface area contributed by atoms with Gasteiger partial charge in [-0.1, -0.05) is 68.5 Å². The van der Waals surface area contributed by atoms with Crippen molar-refractivity contribution in [3.05, 3.63) is 65.7 Å². The van der Waals surface area contributed by atoms with E-state index in [0.717, 1.165) is 5.84 Å². The lowest BCUT2D eigenvalue weighted by Crippen LogP contribution is -2.37. The van der Waals surface area contributed by atoms with Crippen molar-refractivity contribution in [2.45, 2.75) is 24.6 Å². The van der Waals surface area contributed by atoms with Gasteiger partial charge >= 0.3 is 0 Å². The lowest BCUT2D eigenvalue weighted by Gasteiger charge is -2.35. The minimum Gasteiger partial charge on any atom is -0.307 e. The van der Waals surface area contributed by atoms with Crippen molar-refractivity contribution < 1.29 is 0 Å². The molecule has 0 N–H and O–H groups in total. The zero-order valence-corrected chi connectivity index (χ0v) is 13.4. The van der Waals surface area contributed by atoms with E-state index >= 15 is 0 Å². The molecule has 2 aromatic rings. The molecule has 1 atom stereocenters. The van der Waals surface area contributed by atoms with E-state index < -0.39 is 0 Å². The summed E-state index contributed by atoms with van der Waals surface area (Å²) in [5.74, 6) is 1.10. The molecule has 0 radical (unpaired) electrons. The van der Waals surface area contributed by atoms with Crippen LogP contribution in [0.1, 0.15) is 25.0 Å². The van der Waals surface area contributed by atoms with Crippen molar-refractivity contribution in [1.82, 2.24) is 0 Å². The minimum absolute atomic E-state index is 0.0354. The molecule has 0 aliphatic carbocycles. The van der Waals surface area contributed by atoms with Gasteiger partial charge in [-0.05, 0) is 11.1 Å². The molecule has 3 aliphatic rings. The average Bonchev–Trinajstić information content (AvgIpc) is 2.92. The van der Waals surface area contributed by atoms with Crippen LogP contribution >= 0.6 is 11.9 Å². The molecule has 0 saturated carbocycles. The van der Waals surface area contributed by atoms with Gasteiger partial charge < -0.3 is 4.90 Å². The highest BCUT2D eigenvalue weighted by molar-refractivity contribution is 7.99. The Morgan fingerprint density at radius 3 is 2.64 bits per heavy atom. The molecule has 0 aromatic heterocycles. The third-order valence-corrected chi connectivity index (χ3v) is 5.70. The highest BCUT2D eigenvalue weighted by atomic mass is 32.2. The van der Waals surface area contributed by atoms with Crippen LogP contribution in [0.15, 0.2) is 59.0 Å². The Kier molecular flexibility index (Phi) is 2.31. The second-order valence-corrected chi connectivity index (χ2v) is 7.49. The average molecular weight is 304 g/mol. The van der Waals surface area contributed by atoms with Crippen LogP contribution in [0.25, 0.3) is 11.1 Å². The summed E-state index contributed by atoms with van der Waals surface area (Å²) in [6.45, 7) is 4.59. The van der Waals surface area contributed by atoms with Crippen molar-refractivity contribution in [1.29, 1.82) is 0 Å². The largest absolute Gasteiger partial charge is 0.307 e. The van der Waals surface area contributed by atoms with Crippen LogP contribution in [0.2, 0.25) is 0 Å². The number of rotatable bonds is 0. The summed E-state index contributed by atoms with van der Waals surface area (Å²) < 4.78 is 4.78. The third-order valence-electron chi connectivity index (χ3n) is 4.84. The van der Waals surface area contributed by atoms with Crippen molar-refractivity contribution >= 4 is 23.5 Å². The molecular weight excluding hydrogens is 288 g/mol. The van der Waals surface area contributed by atoms with Gasteiger partial charge in [0.25, 0.3) is 0 Å². The van der Waals surface area contributed by atoms with Crippen LogP contribution in [0.3, 0.4) is 0 Å². The van der Waals surface area contributed by atoms with Crippen molar-refractivity contribution in [2.75, 3.05) is 4.90 Å². The molecule has 0 amide bonds. The first-order valence-electron chi connectivity index (χ1n) is 7.62. The molecule has 0 saturated heterocycles. The van der Waals surface area contributed by atoms with Gasteiger partial charge in [-0.2, -0.15) is 4.40 Å². The van der Waals surface area contributed by atoms with Crippen molar-refractivity contribution in [3.8, 4) is 11.1 Å². The monoisotopic (exact) mass is 304 g/mol. The number of hydrogen-bond donors (Lipinski definition) is 0. The number of allylic oxidation sites excluding steroid dienone is 1. The van der Waals surface area contributed by atoms with Crippen LogP contribution in [0.4, 0.5) is 5.69 Å². The van der Waals surface area contributed by atoms with Gasteiger partial charge in [0.1, 0.15) is 11.2 Å². The molecule has 108 valence electrons. The summed E-state index contributed by atoms with van der Waals surface area (Å²) in [7, 11) is 0. The molecule has 0 fully saturated rings. The zero-order chi connectivity index (χ0) is 14.9. The Morgan fingerprint density at radius 2 is 1.77 bits per heavy atom. The lowest BCUT2D eigenvalue weighted by atomic mass is 9.80. The molecule has 3 heteroatoms. The van der Waals surface area contributed by atoms with Gasteiger partial charge in [0.15, 0.2) is 0 Å². The summed E-state index contributed by atoms with van der Waals surface area (Å²) in [4.78, 5) is 2.42. The number of anilines is 1. The fourth-order valence-corrected chi connectivity index (χ4v) is 4.56. The number of para-hydroxylation sites is 1. The van der Waals surface area contributed by atoms with Gasteiger partial charge in [0.2, 0.25) is 0 Å². The number of hydrogen-bond acceptors (Lipinski definition) is 3. The van der Waals surface area contributed by atoms with Gasteiger partial charge in [-0.25, -0.2) is 0 Å². The maximum Gasteiger partial charge on any atom is 0.150 e. The number of amidine groups is 1. The quantitative estimate of drug-likeness (QED) is 0.515. The van der Waals surface area contributed by atoms with Gasteiger partial charge in [-0.3, -0.25) is 0 Å². The summed E-state index contributed by atoms with van der Waals surface area (Å²) >= 11 is 1.66. The standard InChI is InChI=1S/C19H16N2S/c1-19(2)11-10-16-21-17-13(8-5-9-15(17)19)12-6-3-4-7-14(12)18(21)20-22-16/h3-11,16H,1-2H3. The fraction of sp³-hybridized carbons (Fsp3) is 0.211. The number of nitrogens with zero attached hydrogens (tertiary/aromatic N) is 2. The summed E-state index contributed by atoms with van der Waals surface area (Å²) in [5.41, 5.74) is 6.63. The topological polar surface area (TPSA) is 15.6 Å². The van der Waals surface area contributed by atoms with Crippen LogP contribution in [0.5, 0.6) is 0 Å². The first-order chi connectivity index (χ1) is 10.7. The smallest absolute Gasteiger partial charge is 0.150 e. The predicted octanol–water partition coefficient (Wildman–Crippen LogP) is 4.76. The van der Waals surface area contributed by atoms with E-state index in [4.69, 9.17) is 4.40 Å². The molecule has 2 nitrogen and oxygen atoms in total. The van der Waals surface area contributed by atoms with E-state index in [0.29, 0.717) is 0 Å². The first kappa shape index (κ1) is 12.5. The second kappa shape index (κ2) is 4.05. The highest BCUT2D eigenvalue weighted by Gasteiger charge is 2.41. The molecule has 0 bridgehead atoms. The molecule has 1 unspecified atom stereocenters. The van der Waals surface area contributed by atoms with E-state index in [2.05, 4.69) is 73.4 Å². The Hall–Kier alpha value is -2.00. The Balaban J connectivity index is 1.94. The molecular formula is C19H16N2S. The highest BCUT2D eigenvalue weighted by Crippen LogP contribution is 2.51. The maximum absolute atomic E-state index is 4.78. The molecule has 3 aliphatic heterocycles. The normalized spacial score (nSPS) is 22.7. The molecule has 3 heterocycles. The van der Waals surface area contributed by atoms with E-state index in [1.165, 1.54) is 27.9 Å². The number of benzene rings is 2. The predicted molar refractivity (Wildman–Crippen MR) is 94.4 cm³/mol. The van der Waals surface area contributed by atoms with Crippen molar-refractivity contribution in [3.63, 3.8) is 0 Å². The second-order valence-electron chi connectivity index (χ2n) is 6.61. The first-order valence-corrected chi connectivity index (χ1v) is 8.46. The molecule has 22 heavy (non-hydrogen) atoms.